The number of benzene rings is 1. The second-order valence-corrected chi connectivity index (χ2v) is 6.77. The van der Waals surface area contributed by atoms with Crippen molar-refractivity contribution in [2.75, 3.05) is 46.6 Å². The highest BCUT2D eigenvalue weighted by Crippen LogP contribution is 2.33. The Morgan fingerprint density at radius 2 is 2.06 bits per heavy atom. The van der Waals surface area contributed by atoms with Gasteiger partial charge >= 0.3 is 0 Å². The molecular formula is C21H27N5O5. The monoisotopic (exact) mass is 429 g/mol. The van der Waals surface area contributed by atoms with Crippen molar-refractivity contribution in [1.82, 2.24) is 24.6 Å². The molecule has 0 aliphatic carbocycles. The van der Waals surface area contributed by atoms with Crippen LogP contribution in [-0.4, -0.2) is 82.8 Å². The third-order valence-electron chi connectivity index (χ3n) is 4.89. The zero-order valence-corrected chi connectivity index (χ0v) is 17.7. The molecule has 166 valence electrons. The number of nitrogens with one attached hydrogen (secondary N) is 1. The SMILES string of the molecule is COc1ccc(-c2nccn2-c2cn[nH]c2C)cc1OCCN1CCOCC1.O=CO. The number of carboxylic acid groups (broad SMARTS) is 1. The predicted octanol–water partition coefficient (Wildman–Crippen LogP) is 1.99. The van der Waals surface area contributed by atoms with E-state index in [9.17, 15) is 0 Å². The molecule has 3 heterocycles. The molecule has 10 nitrogen and oxygen atoms in total. The first-order chi connectivity index (χ1) is 15.2. The van der Waals surface area contributed by atoms with Crippen molar-refractivity contribution >= 4 is 6.47 Å². The molecule has 1 saturated heterocycles. The molecule has 3 aromatic rings. The normalized spacial score (nSPS) is 13.9. The third kappa shape index (κ3) is 5.62. The predicted molar refractivity (Wildman–Crippen MR) is 114 cm³/mol. The molecule has 0 spiro atoms. The van der Waals surface area contributed by atoms with Gasteiger partial charge in [0.1, 0.15) is 12.4 Å². The van der Waals surface area contributed by atoms with Gasteiger partial charge in [0.2, 0.25) is 0 Å². The fourth-order valence-corrected chi connectivity index (χ4v) is 3.34. The molecule has 1 aromatic carbocycles. The van der Waals surface area contributed by atoms with E-state index in [2.05, 4.69) is 20.1 Å². The first kappa shape index (κ1) is 22.3. The Kier molecular flexibility index (Phi) is 8.02. The highest BCUT2D eigenvalue weighted by molar-refractivity contribution is 5.63. The number of imidazole rings is 1. The molecule has 10 heteroatoms. The first-order valence-electron chi connectivity index (χ1n) is 9.90. The number of aromatic amines is 1. The molecule has 2 N–H and O–H groups in total. The second kappa shape index (κ2) is 11.1. The fraction of sp³-hybridized carbons (Fsp3) is 0.381. The molecule has 0 bridgehead atoms. The molecule has 31 heavy (non-hydrogen) atoms. The minimum Gasteiger partial charge on any atom is -0.493 e. The Morgan fingerprint density at radius 3 is 2.74 bits per heavy atom. The van der Waals surface area contributed by atoms with E-state index in [0.717, 1.165) is 55.6 Å². The summed E-state index contributed by atoms with van der Waals surface area (Å²) in [5, 5.41) is 14.0. The van der Waals surface area contributed by atoms with Crippen molar-refractivity contribution in [2.45, 2.75) is 6.92 Å². The molecule has 0 atom stereocenters. The molecule has 0 unspecified atom stereocenters. The van der Waals surface area contributed by atoms with Crippen molar-refractivity contribution in [2.24, 2.45) is 0 Å². The smallest absolute Gasteiger partial charge is 0.290 e. The summed E-state index contributed by atoms with van der Waals surface area (Å²) < 4.78 is 18.9. The van der Waals surface area contributed by atoms with E-state index in [1.54, 1.807) is 19.5 Å². The van der Waals surface area contributed by atoms with Crippen LogP contribution in [0.15, 0.2) is 36.8 Å². The Morgan fingerprint density at radius 1 is 1.29 bits per heavy atom. The molecule has 2 aromatic heterocycles. The maximum absolute atomic E-state index is 8.36. The number of rotatable bonds is 7. The van der Waals surface area contributed by atoms with Crippen molar-refractivity contribution in [3.63, 3.8) is 0 Å². The van der Waals surface area contributed by atoms with Gasteiger partial charge in [0.15, 0.2) is 11.5 Å². The van der Waals surface area contributed by atoms with Gasteiger partial charge in [-0.1, -0.05) is 0 Å². The van der Waals surface area contributed by atoms with Crippen LogP contribution in [0.3, 0.4) is 0 Å². The van der Waals surface area contributed by atoms with Gasteiger partial charge in [0.25, 0.3) is 6.47 Å². The first-order valence-corrected chi connectivity index (χ1v) is 9.90. The third-order valence-corrected chi connectivity index (χ3v) is 4.89. The minimum atomic E-state index is -0.250. The molecule has 1 aliphatic rings. The van der Waals surface area contributed by atoms with Gasteiger partial charge in [0.05, 0.1) is 37.9 Å². The van der Waals surface area contributed by atoms with E-state index in [4.69, 9.17) is 24.1 Å². The number of hydrogen-bond donors (Lipinski definition) is 2. The highest BCUT2D eigenvalue weighted by Gasteiger charge is 2.15. The maximum atomic E-state index is 8.36. The Labute approximate surface area is 180 Å². The number of aromatic nitrogens is 4. The maximum Gasteiger partial charge on any atom is 0.290 e. The average molecular weight is 429 g/mol. The molecule has 4 rings (SSSR count). The van der Waals surface area contributed by atoms with E-state index in [-0.39, 0.29) is 6.47 Å². The molecular weight excluding hydrogens is 402 g/mol. The average Bonchev–Trinajstić information content (AvgIpc) is 3.43. The summed E-state index contributed by atoms with van der Waals surface area (Å²) in [6.07, 6.45) is 5.51. The number of aryl methyl sites for hydroxylation is 1. The number of methoxy groups -OCH3 is 1. The van der Waals surface area contributed by atoms with Crippen molar-refractivity contribution in [3.05, 3.63) is 42.5 Å². The lowest BCUT2D eigenvalue weighted by atomic mass is 10.2. The molecule has 1 fully saturated rings. The summed E-state index contributed by atoms with van der Waals surface area (Å²) in [4.78, 5) is 15.2. The Balaban J connectivity index is 0.000000858. The quantitative estimate of drug-likeness (QED) is 0.548. The molecule has 0 saturated carbocycles. The van der Waals surface area contributed by atoms with Crippen molar-refractivity contribution in [3.8, 4) is 28.6 Å². The van der Waals surface area contributed by atoms with Crippen LogP contribution >= 0.6 is 0 Å². The van der Waals surface area contributed by atoms with E-state index >= 15 is 0 Å². The van der Waals surface area contributed by atoms with Crippen LogP contribution in [0.25, 0.3) is 17.1 Å². The minimum absolute atomic E-state index is 0.250. The van der Waals surface area contributed by atoms with Gasteiger partial charge in [-0.05, 0) is 25.1 Å². The van der Waals surface area contributed by atoms with Crippen molar-refractivity contribution in [1.29, 1.82) is 0 Å². The molecule has 0 radical (unpaired) electrons. The van der Waals surface area contributed by atoms with Crippen LogP contribution in [0, 0.1) is 6.92 Å². The van der Waals surface area contributed by atoms with Crippen LogP contribution in [-0.2, 0) is 9.53 Å². The summed E-state index contributed by atoms with van der Waals surface area (Å²) >= 11 is 0. The summed E-state index contributed by atoms with van der Waals surface area (Å²) in [6, 6.07) is 5.88. The summed E-state index contributed by atoms with van der Waals surface area (Å²) in [6.45, 7) is 6.66. The number of nitrogens with zero attached hydrogens (tertiary/aromatic N) is 4. The zero-order valence-electron chi connectivity index (χ0n) is 17.7. The fourth-order valence-electron chi connectivity index (χ4n) is 3.34. The lowest BCUT2D eigenvalue weighted by Gasteiger charge is -2.26. The van der Waals surface area contributed by atoms with Gasteiger partial charge in [-0.15, -0.1) is 0 Å². The largest absolute Gasteiger partial charge is 0.493 e. The summed E-state index contributed by atoms with van der Waals surface area (Å²) in [5.74, 6) is 2.25. The van der Waals surface area contributed by atoms with Gasteiger partial charge in [0, 0.05) is 37.6 Å². The number of H-pyrrole nitrogens is 1. The highest BCUT2D eigenvalue weighted by atomic mass is 16.5. The number of morpholine rings is 1. The standard InChI is InChI=1S/C20H25N5O3.CH2O2/c1-15-17(14-22-23-15)25-6-5-21-20(25)16-3-4-18(26-2)19(13-16)28-12-9-24-7-10-27-11-8-24;2-1-3/h3-6,13-14H,7-12H2,1-2H3,(H,22,23);1H,(H,2,3). The Bertz CT molecular complexity index is 965. The van der Waals surface area contributed by atoms with Crippen LogP contribution in [0.4, 0.5) is 0 Å². The van der Waals surface area contributed by atoms with Crippen molar-refractivity contribution < 1.29 is 24.1 Å². The van der Waals surface area contributed by atoms with Crippen LogP contribution in [0.5, 0.6) is 11.5 Å². The molecule has 0 amide bonds. The topological polar surface area (TPSA) is 115 Å². The van der Waals surface area contributed by atoms with Gasteiger partial charge in [-0.3, -0.25) is 19.4 Å². The van der Waals surface area contributed by atoms with Gasteiger partial charge in [-0.2, -0.15) is 5.10 Å². The lowest BCUT2D eigenvalue weighted by Crippen LogP contribution is -2.38. The van der Waals surface area contributed by atoms with E-state index in [1.165, 1.54) is 0 Å². The number of ether oxygens (including phenoxy) is 3. The van der Waals surface area contributed by atoms with Crippen LogP contribution in [0.2, 0.25) is 0 Å². The van der Waals surface area contributed by atoms with E-state index < -0.39 is 0 Å². The lowest BCUT2D eigenvalue weighted by molar-refractivity contribution is -0.122. The van der Waals surface area contributed by atoms with Crippen LogP contribution in [0.1, 0.15) is 5.69 Å². The number of carbonyl (C=O) groups is 1. The second-order valence-electron chi connectivity index (χ2n) is 6.77. The Hall–Kier alpha value is -3.37. The van der Waals surface area contributed by atoms with Gasteiger partial charge in [-0.25, -0.2) is 4.98 Å². The summed E-state index contributed by atoms with van der Waals surface area (Å²) in [5.41, 5.74) is 2.90. The van der Waals surface area contributed by atoms with Gasteiger partial charge < -0.3 is 19.3 Å². The summed E-state index contributed by atoms with van der Waals surface area (Å²) in [7, 11) is 1.65. The van der Waals surface area contributed by atoms with Crippen LogP contribution < -0.4 is 9.47 Å². The molecule has 1 aliphatic heterocycles. The van der Waals surface area contributed by atoms with E-state index in [0.29, 0.717) is 18.1 Å². The van der Waals surface area contributed by atoms with E-state index in [1.807, 2.05) is 35.9 Å². The number of hydrogen-bond acceptors (Lipinski definition) is 7. The zero-order chi connectivity index (χ0) is 22.1.